The van der Waals surface area contributed by atoms with Gasteiger partial charge in [-0.15, -0.1) is 0 Å². The molecule has 10 heteroatoms. The maximum Gasteiger partial charge on any atom is 0.244 e. The molecular formula is C19H19ClFN3O4S. The fourth-order valence-electron chi connectivity index (χ4n) is 2.72. The lowest BCUT2D eigenvalue weighted by molar-refractivity contribution is 0.204. The zero-order valence-corrected chi connectivity index (χ0v) is 17.3. The van der Waals surface area contributed by atoms with Crippen LogP contribution in [0.5, 0.6) is 5.75 Å². The van der Waals surface area contributed by atoms with Crippen LogP contribution in [0.15, 0.2) is 47.5 Å². The Balaban J connectivity index is 2.09. The second-order valence-electron chi connectivity index (χ2n) is 6.02. The summed E-state index contributed by atoms with van der Waals surface area (Å²) in [4.78, 5) is 4.20. The van der Waals surface area contributed by atoms with Crippen molar-refractivity contribution in [1.82, 2.24) is 9.71 Å². The van der Waals surface area contributed by atoms with Crippen LogP contribution in [0.1, 0.15) is 0 Å². The van der Waals surface area contributed by atoms with E-state index in [0.717, 1.165) is 0 Å². The van der Waals surface area contributed by atoms with Gasteiger partial charge in [0.1, 0.15) is 16.5 Å². The second-order valence-corrected chi connectivity index (χ2v) is 8.19. The first-order valence-electron chi connectivity index (χ1n) is 8.53. The number of hydrogen-bond donors (Lipinski definition) is 2. The van der Waals surface area contributed by atoms with Crippen LogP contribution in [-0.2, 0) is 14.8 Å². The fraction of sp³-hybridized carbons (Fsp3) is 0.211. The number of ether oxygens (including phenoxy) is 2. The zero-order chi connectivity index (χ0) is 21.0. The number of pyridine rings is 1. The highest BCUT2D eigenvalue weighted by Gasteiger charge is 2.21. The molecule has 0 atom stereocenters. The number of rotatable bonds is 8. The van der Waals surface area contributed by atoms with Gasteiger partial charge in [0, 0.05) is 42.0 Å². The summed E-state index contributed by atoms with van der Waals surface area (Å²) in [5, 5.41) is 3.71. The quantitative estimate of drug-likeness (QED) is 0.520. The van der Waals surface area contributed by atoms with Crippen molar-refractivity contribution in [3.05, 3.63) is 53.4 Å². The molecule has 0 aliphatic rings. The summed E-state index contributed by atoms with van der Waals surface area (Å²) in [6.07, 6.45) is 1.53. The number of nitrogens with one attached hydrogen (secondary N) is 2. The standard InChI is InChI=1S/C19H19ClFN3O4S/c1-27-8-7-23-29(25,26)19-10-13-15(5-6-22-17(13)11-18(19)28-2)24-16-4-3-12(20)9-14(16)21/h3-6,9-11,23H,7-8H2,1-2H3,(H,22,24). The Morgan fingerprint density at radius 2 is 1.93 bits per heavy atom. The summed E-state index contributed by atoms with van der Waals surface area (Å²) in [6.45, 7) is 0.327. The van der Waals surface area contributed by atoms with Crippen molar-refractivity contribution in [3.8, 4) is 5.75 Å². The molecule has 0 aliphatic heterocycles. The summed E-state index contributed by atoms with van der Waals surface area (Å²) >= 11 is 5.80. The number of fused-ring (bicyclic) bond motifs is 1. The predicted octanol–water partition coefficient (Wildman–Crippen LogP) is 3.70. The number of nitrogens with zero attached hydrogens (tertiary/aromatic N) is 1. The minimum Gasteiger partial charge on any atom is -0.495 e. The van der Waals surface area contributed by atoms with Crippen LogP contribution in [0.2, 0.25) is 5.02 Å². The van der Waals surface area contributed by atoms with Crippen molar-refractivity contribution in [2.75, 3.05) is 32.7 Å². The topological polar surface area (TPSA) is 89.5 Å². The Morgan fingerprint density at radius 1 is 1.14 bits per heavy atom. The minimum atomic E-state index is -3.87. The zero-order valence-electron chi connectivity index (χ0n) is 15.7. The molecule has 3 aromatic rings. The number of aromatic nitrogens is 1. The molecule has 29 heavy (non-hydrogen) atoms. The molecule has 0 amide bonds. The van der Waals surface area contributed by atoms with Gasteiger partial charge in [-0.3, -0.25) is 4.98 Å². The summed E-state index contributed by atoms with van der Waals surface area (Å²) in [6, 6.07) is 8.81. The van der Waals surface area contributed by atoms with E-state index in [0.29, 0.717) is 16.6 Å². The predicted molar refractivity (Wildman–Crippen MR) is 110 cm³/mol. The molecule has 2 aromatic carbocycles. The van der Waals surface area contributed by atoms with Gasteiger partial charge in [-0.25, -0.2) is 17.5 Å². The Morgan fingerprint density at radius 3 is 2.62 bits per heavy atom. The molecule has 0 saturated heterocycles. The van der Waals surface area contributed by atoms with Crippen molar-refractivity contribution >= 4 is 43.9 Å². The average molecular weight is 440 g/mol. The molecule has 0 bridgehead atoms. The lowest BCUT2D eigenvalue weighted by atomic mass is 10.1. The summed E-state index contributed by atoms with van der Waals surface area (Å²) in [5.41, 5.74) is 1.16. The molecular weight excluding hydrogens is 421 g/mol. The van der Waals surface area contributed by atoms with E-state index in [9.17, 15) is 12.8 Å². The van der Waals surface area contributed by atoms with E-state index in [1.165, 1.54) is 44.7 Å². The third-order valence-electron chi connectivity index (χ3n) is 4.12. The molecule has 0 radical (unpaired) electrons. The molecule has 7 nitrogen and oxygen atoms in total. The molecule has 2 N–H and O–H groups in total. The van der Waals surface area contributed by atoms with Gasteiger partial charge in [0.15, 0.2) is 0 Å². The van der Waals surface area contributed by atoms with Gasteiger partial charge in [0.25, 0.3) is 0 Å². The lowest BCUT2D eigenvalue weighted by Crippen LogP contribution is -2.27. The van der Waals surface area contributed by atoms with Crippen LogP contribution < -0.4 is 14.8 Å². The number of halogens is 2. The van der Waals surface area contributed by atoms with Crippen molar-refractivity contribution in [2.45, 2.75) is 4.90 Å². The van der Waals surface area contributed by atoms with E-state index >= 15 is 0 Å². The monoisotopic (exact) mass is 439 g/mol. The Bertz CT molecular complexity index is 1140. The van der Waals surface area contributed by atoms with E-state index in [4.69, 9.17) is 21.1 Å². The molecule has 3 rings (SSSR count). The van der Waals surface area contributed by atoms with Gasteiger partial charge in [-0.05, 0) is 30.3 Å². The van der Waals surface area contributed by atoms with E-state index in [-0.39, 0.29) is 34.5 Å². The van der Waals surface area contributed by atoms with Crippen molar-refractivity contribution < 1.29 is 22.3 Å². The van der Waals surface area contributed by atoms with Gasteiger partial charge < -0.3 is 14.8 Å². The Hall–Kier alpha value is -2.46. The number of methoxy groups -OCH3 is 2. The third kappa shape index (κ3) is 4.76. The summed E-state index contributed by atoms with van der Waals surface area (Å²) in [7, 11) is -1.02. The van der Waals surface area contributed by atoms with Crippen LogP contribution in [0.3, 0.4) is 0 Å². The van der Waals surface area contributed by atoms with Crippen LogP contribution in [0, 0.1) is 5.82 Å². The second kappa shape index (κ2) is 8.91. The Kier molecular flexibility index (Phi) is 6.53. The van der Waals surface area contributed by atoms with Gasteiger partial charge in [-0.2, -0.15) is 0 Å². The third-order valence-corrected chi connectivity index (χ3v) is 5.83. The summed E-state index contributed by atoms with van der Waals surface area (Å²) in [5.74, 6) is -0.394. The van der Waals surface area contributed by atoms with Gasteiger partial charge in [-0.1, -0.05) is 11.6 Å². The van der Waals surface area contributed by atoms with E-state index < -0.39 is 15.8 Å². The maximum absolute atomic E-state index is 14.2. The maximum atomic E-state index is 14.2. The van der Waals surface area contributed by atoms with E-state index in [1.807, 2.05) is 0 Å². The average Bonchev–Trinajstić information content (AvgIpc) is 2.69. The van der Waals surface area contributed by atoms with Gasteiger partial charge in [0.05, 0.1) is 24.9 Å². The lowest BCUT2D eigenvalue weighted by Gasteiger charge is -2.15. The number of hydrogen-bond acceptors (Lipinski definition) is 6. The first-order valence-corrected chi connectivity index (χ1v) is 10.4. The minimum absolute atomic E-state index is 0.0590. The fourth-order valence-corrected chi connectivity index (χ4v) is 4.07. The number of anilines is 2. The van der Waals surface area contributed by atoms with Crippen molar-refractivity contribution in [2.24, 2.45) is 0 Å². The molecule has 1 heterocycles. The summed E-state index contributed by atoms with van der Waals surface area (Å²) < 4.78 is 52.2. The molecule has 0 spiro atoms. The first kappa shape index (κ1) is 21.3. The normalized spacial score (nSPS) is 11.6. The van der Waals surface area contributed by atoms with Crippen molar-refractivity contribution in [1.29, 1.82) is 0 Å². The molecule has 154 valence electrons. The van der Waals surface area contributed by atoms with E-state index in [2.05, 4.69) is 15.0 Å². The highest BCUT2D eigenvalue weighted by atomic mass is 35.5. The molecule has 0 aliphatic carbocycles. The largest absolute Gasteiger partial charge is 0.495 e. The van der Waals surface area contributed by atoms with Crippen LogP contribution >= 0.6 is 11.6 Å². The highest BCUT2D eigenvalue weighted by Crippen LogP contribution is 2.34. The SMILES string of the molecule is COCCNS(=O)(=O)c1cc2c(Nc3ccc(Cl)cc3F)ccnc2cc1OC. The number of sulfonamides is 1. The van der Waals surface area contributed by atoms with Crippen LogP contribution in [0.25, 0.3) is 10.9 Å². The molecule has 0 fully saturated rings. The molecule has 0 unspecified atom stereocenters. The van der Waals surface area contributed by atoms with E-state index in [1.54, 1.807) is 12.1 Å². The van der Waals surface area contributed by atoms with Crippen LogP contribution in [0.4, 0.5) is 15.8 Å². The highest BCUT2D eigenvalue weighted by molar-refractivity contribution is 7.89. The number of benzene rings is 2. The van der Waals surface area contributed by atoms with Crippen LogP contribution in [-0.4, -0.2) is 40.8 Å². The Labute approximate surface area is 172 Å². The smallest absolute Gasteiger partial charge is 0.244 e. The molecule has 0 saturated carbocycles. The first-order chi connectivity index (χ1) is 13.9. The van der Waals surface area contributed by atoms with Crippen molar-refractivity contribution in [3.63, 3.8) is 0 Å². The molecule has 1 aromatic heterocycles. The van der Waals surface area contributed by atoms with Gasteiger partial charge in [0.2, 0.25) is 10.0 Å². The van der Waals surface area contributed by atoms with Gasteiger partial charge >= 0.3 is 0 Å².